The van der Waals surface area contributed by atoms with E-state index in [0.29, 0.717) is 12.1 Å². The molecule has 1 heterocycles. The lowest BCUT2D eigenvalue weighted by atomic mass is 9.92. The van der Waals surface area contributed by atoms with Crippen molar-refractivity contribution >= 4 is 11.0 Å². The number of fused-ring (bicyclic) bond motifs is 1. The summed E-state index contributed by atoms with van der Waals surface area (Å²) in [5.41, 5.74) is 0.986. The van der Waals surface area contributed by atoms with Gasteiger partial charge >= 0.3 is 0 Å². The first-order valence-corrected chi connectivity index (χ1v) is 6.07. The van der Waals surface area contributed by atoms with E-state index >= 15 is 0 Å². The molecular formula is C14H17NO. The molecule has 0 aliphatic heterocycles. The lowest BCUT2D eigenvalue weighted by Gasteiger charge is -2.29. The van der Waals surface area contributed by atoms with Crippen LogP contribution in [0.2, 0.25) is 0 Å². The molecule has 2 aromatic rings. The van der Waals surface area contributed by atoms with E-state index in [9.17, 15) is 0 Å². The van der Waals surface area contributed by atoms with E-state index in [4.69, 9.17) is 4.42 Å². The summed E-state index contributed by atoms with van der Waals surface area (Å²) in [7, 11) is 0. The van der Waals surface area contributed by atoms with Crippen LogP contribution in [0.3, 0.4) is 0 Å². The summed E-state index contributed by atoms with van der Waals surface area (Å²) in [5, 5.41) is 4.79. The minimum atomic E-state index is 0.317. The van der Waals surface area contributed by atoms with Gasteiger partial charge in [0.1, 0.15) is 11.3 Å². The van der Waals surface area contributed by atoms with Gasteiger partial charge in [0.05, 0.1) is 6.04 Å². The van der Waals surface area contributed by atoms with Crippen LogP contribution < -0.4 is 5.32 Å². The van der Waals surface area contributed by atoms with Crippen LogP contribution in [0, 0.1) is 0 Å². The van der Waals surface area contributed by atoms with Crippen molar-refractivity contribution in [1.29, 1.82) is 0 Å². The van der Waals surface area contributed by atoms with Crippen molar-refractivity contribution in [3.05, 3.63) is 36.1 Å². The molecule has 1 saturated carbocycles. The van der Waals surface area contributed by atoms with Crippen LogP contribution in [0.1, 0.15) is 38.0 Å². The molecule has 0 bridgehead atoms. The Morgan fingerprint density at radius 3 is 2.81 bits per heavy atom. The molecule has 1 aromatic heterocycles. The van der Waals surface area contributed by atoms with Gasteiger partial charge in [0.2, 0.25) is 0 Å². The SMILES string of the molecule is CC(NC1CCC1)c1cc2ccccc2o1. The first-order chi connectivity index (χ1) is 7.83. The van der Waals surface area contributed by atoms with Crippen molar-refractivity contribution in [2.45, 2.75) is 38.3 Å². The monoisotopic (exact) mass is 215 g/mol. The van der Waals surface area contributed by atoms with Crippen molar-refractivity contribution in [2.75, 3.05) is 0 Å². The molecule has 3 rings (SSSR count). The molecule has 0 saturated heterocycles. The van der Waals surface area contributed by atoms with Crippen LogP contribution in [-0.2, 0) is 0 Å². The summed E-state index contributed by atoms with van der Waals surface area (Å²) < 4.78 is 5.84. The van der Waals surface area contributed by atoms with Crippen LogP contribution in [-0.4, -0.2) is 6.04 Å². The van der Waals surface area contributed by atoms with E-state index in [1.807, 2.05) is 18.2 Å². The van der Waals surface area contributed by atoms with Gasteiger partial charge in [-0.1, -0.05) is 24.6 Å². The first-order valence-electron chi connectivity index (χ1n) is 6.07. The van der Waals surface area contributed by atoms with Crippen LogP contribution >= 0.6 is 0 Å². The molecule has 1 N–H and O–H groups in total. The van der Waals surface area contributed by atoms with E-state index < -0.39 is 0 Å². The zero-order valence-electron chi connectivity index (χ0n) is 9.57. The van der Waals surface area contributed by atoms with Crippen molar-refractivity contribution in [1.82, 2.24) is 5.32 Å². The molecule has 1 unspecified atom stereocenters. The standard InChI is InChI=1S/C14H17NO/c1-10(15-12-6-4-7-12)14-9-11-5-2-3-8-13(11)16-14/h2-3,5,8-10,12,15H,4,6-7H2,1H3. The predicted octanol–water partition coefficient (Wildman–Crippen LogP) is 3.64. The van der Waals surface area contributed by atoms with Crippen molar-refractivity contribution < 1.29 is 4.42 Å². The van der Waals surface area contributed by atoms with Gasteiger partial charge in [0.15, 0.2) is 0 Å². The van der Waals surface area contributed by atoms with Gasteiger partial charge in [-0.15, -0.1) is 0 Å². The number of hydrogen-bond acceptors (Lipinski definition) is 2. The average molecular weight is 215 g/mol. The minimum absolute atomic E-state index is 0.317. The molecule has 0 spiro atoms. The fourth-order valence-corrected chi connectivity index (χ4v) is 2.23. The number of para-hydroxylation sites is 1. The average Bonchev–Trinajstić information content (AvgIpc) is 2.66. The molecule has 0 amide bonds. The summed E-state index contributed by atoms with van der Waals surface area (Å²) in [4.78, 5) is 0. The second-order valence-electron chi connectivity index (χ2n) is 4.70. The van der Waals surface area contributed by atoms with Crippen LogP contribution in [0.5, 0.6) is 0 Å². The molecule has 1 aliphatic carbocycles. The second kappa shape index (κ2) is 3.95. The quantitative estimate of drug-likeness (QED) is 0.845. The number of rotatable bonds is 3. The van der Waals surface area contributed by atoms with Crippen LogP contribution in [0.15, 0.2) is 34.7 Å². The lowest BCUT2D eigenvalue weighted by molar-refractivity contribution is 0.297. The minimum Gasteiger partial charge on any atom is -0.459 e. The van der Waals surface area contributed by atoms with Crippen LogP contribution in [0.25, 0.3) is 11.0 Å². The number of furan rings is 1. The highest BCUT2D eigenvalue weighted by atomic mass is 16.3. The molecule has 0 radical (unpaired) electrons. The molecule has 16 heavy (non-hydrogen) atoms. The molecule has 2 heteroatoms. The Morgan fingerprint density at radius 1 is 1.31 bits per heavy atom. The second-order valence-corrected chi connectivity index (χ2v) is 4.70. The van der Waals surface area contributed by atoms with Gasteiger partial charge in [0.25, 0.3) is 0 Å². The molecular weight excluding hydrogens is 198 g/mol. The maximum Gasteiger partial charge on any atom is 0.134 e. The number of nitrogens with one attached hydrogen (secondary N) is 1. The van der Waals surface area contributed by atoms with Crippen molar-refractivity contribution in [3.8, 4) is 0 Å². The highest BCUT2D eigenvalue weighted by Crippen LogP contribution is 2.26. The Morgan fingerprint density at radius 2 is 2.12 bits per heavy atom. The topological polar surface area (TPSA) is 25.2 Å². The van der Waals surface area contributed by atoms with Gasteiger partial charge in [-0.2, -0.15) is 0 Å². The van der Waals surface area contributed by atoms with E-state index in [0.717, 1.165) is 11.3 Å². The van der Waals surface area contributed by atoms with Crippen LogP contribution in [0.4, 0.5) is 0 Å². The highest BCUT2D eigenvalue weighted by Gasteiger charge is 2.21. The van der Waals surface area contributed by atoms with Crippen molar-refractivity contribution in [3.63, 3.8) is 0 Å². The first kappa shape index (κ1) is 9.91. The van der Waals surface area contributed by atoms with E-state index in [1.54, 1.807) is 0 Å². The third kappa shape index (κ3) is 1.74. The maximum absolute atomic E-state index is 5.84. The van der Waals surface area contributed by atoms with Gasteiger partial charge < -0.3 is 9.73 Å². The number of hydrogen-bond donors (Lipinski definition) is 1. The molecule has 1 atom stereocenters. The fourth-order valence-electron chi connectivity index (χ4n) is 2.23. The Bertz CT molecular complexity index is 451. The summed E-state index contributed by atoms with van der Waals surface area (Å²) in [6.45, 7) is 2.18. The zero-order chi connectivity index (χ0) is 11.0. The summed E-state index contributed by atoms with van der Waals surface area (Å²) >= 11 is 0. The Kier molecular flexibility index (Phi) is 2.44. The van der Waals surface area contributed by atoms with E-state index in [1.165, 1.54) is 24.6 Å². The molecule has 84 valence electrons. The normalized spacial score (nSPS) is 18.6. The smallest absolute Gasteiger partial charge is 0.134 e. The fraction of sp³-hybridized carbons (Fsp3) is 0.429. The van der Waals surface area contributed by atoms with Gasteiger partial charge in [-0.3, -0.25) is 0 Å². The largest absolute Gasteiger partial charge is 0.459 e. The summed E-state index contributed by atoms with van der Waals surface area (Å²) in [5.74, 6) is 1.05. The van der Waals surface area contributed by atoms with Crippen molar-refractivity contribution in [2.24, 2.45) is 0 Å². The molecule has 1 fully saturated rings. The molecule has 1 aliphatic rings. The summed E-state index contributed by atoms with van der Waals surface area (Å²) in [6.07, 6.45) is 3.99. The van der Waals surface area contributed by atoms with E-state index in [2.05, 4.69) is 24.4 Å². The molecule has 2 nitrogen and oxygen atoms in total. The maximum atomic E-state index is 5.84. The summed E-state index contributed by atoms with van der Waals surface area (Å²) in [6, 6.07) is 11.3. The van der Waals surface area contributed by atoms with Gasteiger partial charge in [0, 0.05) is 11.4 Å². The zero-order valence-corrected chi connectivity index (χ0v) is 9.57. The highest BCUT2D eigenvalue weighted by molar-refractivity contribution is 5.77. The Hall–Kier alpha value is -1.28. The van der Waals surface area contributed by atoms with E-state index in [-0.39, 0.29) is 0 Å². The molecule has 1 aromatic carbocycles. The number of benzene rings is 1. The Labute approximate surface area is 95.6 Å². The van der Waals surface area contributed by atoms with Gasteiger partial charge in [-0.05, 0) is 31.9 Å². The third-order valence-electron chi connectivity index (χ3n) is 3.46. The lowest BCUT2D eigenvalue weighted by Crippen LogP contribution is -2.36. The Balaban J connectivity index is 1.81. The third-order valence-corrected chi connectivity index (χ3v) is 3.46. The van der Waals surface area contributed by atoms with Gasteiger partial charge in [-0.25, -0.2) is 0 Å². The predicted molar refractivity (Wildman–Crippen MR) is 65.4 cm³/mol.